The van der Waals surface area contributed by atoms with E-state index >= 15 is 0 Å². The first-order valence-electron chi connectivity index (χ1n) is 6.14. The second-order valence-electron chi connectivity index (χ2n) is 4.88. The zero-order chi connectivity index (χ0) is 14.3. The van der Waals surface area contributed by atoms with Gasteiger partial charge in [0.15, 0.2) is 5.60 Å². The van der Waals surface area contributed by atoms with Crippen molar-refractivity contribution in [1.82, 2.24) is 0 Å². The Hall–Kier alpha value is -1.59. The van der Waals surface area contributed by atoms with Gasteiger partial charge in [0.1, 0.15) is 11.5 Å². The van der Waals surface area contributed by atoms with Crippen LogP contribution in [0, 0.1) is 0 Å². The van der Waals surface area contributed by atoms with Crippen LogP contribution in [-0.2, 0) is 4.74 Å². The smallest absolute Gasteiger partial charge is 0.272 e. The van der Waals surface area contributed by atoms with Gasteiger partial charge in [0.05, 0.1) is 12.7 Å². The molecule has 0 radical (unpaired) electrons. The van der Waals surface area contributed by atoms with Crippen molar-refractivity contribution in [3.8, 4) is 11.5 Å². The monoisotopic (exact) mass is 266 g/mol. The summed E-state index contributed by atoms with van der Waals surface area (Å²) in [5.74, 6) is -1.57. The van der Waals surface area contributed by atoms with Gasteiger partial charge in [-0.15, -0.1) is 0 Å². The molecule has 1 aromatic carbocycles. The van der Waals surface area contributed by atoms with Crippen molar-refractivity contribution in [2.24, 2.45) is 0 Å². The first-order chi connectivity index (χ1) is 8.85. The average molecular weight is 266 g/mol. The van der Waals surface area contributed by atoms with Crippen LogP contribution in [0.2, 0.25) is 0 Å². The highest BCUT2D eigenvalue weighted by atomic mass is 16.7. The number of benzene rings is 1. The SMILES string of the molecule is CCOC1(O)C(=O)c2cc(OC)ccc2OC1(C)C. The summed E-state index contributed by atoms with van der Waals surface area (Å²) < 4.78 is 16.1. The largest absolute Gasteiger partial charge is 0.497 e. The Morgan fingerprint density at radius 3 is 2.63 bits per heavy atom. The minimum Gasteiger partial charge on any atom is -0.497 e. The number of hydrogen-bond acceptors (Lipinski definition) is 5. The van der Waals surface area contributed by atoms with Crippen LogP contribution in [0.5, 0.6) is 11.5 Å². The normalized spacial score (nSPS) is 24.6. The lowest BCUT2D eigenvalue weighted by atomic mass is 9.86. The lowest BCUT2D eigenvalue weighted by Gasteiger charge is -2.44. The molecule has 104 valence electrons. The summed E-state index contributed by atoms with van der Waals surface area (Å²) in [7, 11) is 1.51. The Kier molecular flexibility index (Phi) is 3.28. The zero-order valence-electron chi connectivity index (χ0n) is 11.5. The van der Waals surface area contributed by atoms with Gasteiger partial charge >= 0.3 is 0 Å². The van der Waals surface area contributed by atoms with E-state index in [1.54, 1.807) is 32.9 Å². The van der Waals surface area contributed by atoms with Crippen LogP contribution in [0.1, 0.15) is 31.1 Å². The highest BCUT2D eigenvalue weighted by Crippen LogP contribution is 2.41. The summed E-state index contributed by atoms with van der Waals surface area (Å²) >= 11 is 0. The van der Waals surface area contributed by atoms with Crippen molar-refractivity contribution in [2.75, 3.05) is 13.7 Å². The van der Waals surface area contributed by atoms with Gasteiger partial charge in [-0.1, -0.05) is 0 Å². The van der Waals surface area contributed by atoms with E-state index in [4.69, 9.17) is 14.2 Å². The Morgan fingerprint density at radius 1 is 1.37 bits per heavy atom. The predicted molar refractivity (Wildman–Crippen MR) is 68.6 cm³/mol. The fourth-order valence-corrected chi connectivity index (χ4v) is 2.15. The molecule has 0 aromatic heterocycles. The summed E-state index contributed by atoms with van der Waals surface area (Å²) in [4.78, 5) is 12.5. The summed E-state index contributed by atoms with van der Waals surface area (Å²) in [5.41, 5.74) is -0.906. The van der Waals surface area contributed by atoms with Crippen LogP contribution in [0.3, 0.4) is 0 Å². The molecule has 0 saturated heterocycles. The molecule has 1 N–H and O–H groups in total. The van der Waals surface area contributed by atoms with E-state index in [9.17, 15) is 9.90 Å². The molecule has 2 rings (SSSR count). The van der Waals surface area contributed by atoms with Crippen molar-refractivity contribution in [2.45, 2.75) is 32.2 Å². The molecule has 5 nitrogen and oxygen atoms in total. The van der Waals surface area contributed by atoms with E-state index in [-0.39, 0.29) is 12.2 Å². The van der Waals surface area contributed by atoms with Gasteiger partial charge in [0, 0.05) is 6.61 Å². The van der Waals surface area contributed by atoms with Crippen LogP contribution in [0.4, 0.5) is 0 Å². The quantitative estimate of drug-likeness (QED) is 0.845. The molecule has 0 amide bonds. The summed E-state index contributed by atoms with van der Waals surface area (Å²) in [5, 5.41) is 10.5. The minimum atomic E-state index is -2.00. The molecular weight excluding hydrogens is 248 g/mol. The van der Waals surface area contributed by atoms with Crippen LogP contribution in [0.15, 0.2) is 18.2 Å². The molecule has 1 aliphatic rings. The fraction of sp³-hybridized carbons (Fsp3) is 0.500. The lowest BCUT2D eigenvalue weighted by molar-refractivity contribution is -0.247. The third-order valence-electron chi connectivity index (χ3n) is 3.27. The number of carbonyl (C=O) groups excluding carboxylic acids is 1. The number of ether oxygens (including phenoxy) is 3. The van der Waals surface area contributed by atoms with Gasteiger partial charge < -0.3 is 19.3 Å². The molecule has 0 aliphatic carbocycles. The number of rotatable bonds is 3. The highest BCUT2D eigenvalue weighted by Gasteiger charge is 2.57. The maximum absolute atomic E-state index is 12.5. The molecule has 0 fully saturated rings. The average Bonchev–Trinajstić information content (AvgIpc) is 2.36. The summed E-state index contributed by atoms with van der Waals surface area (Å²) in [6.07, 6.45) is 0. The first-order valence-corrected chi connectivity index (χ1v) is 6.14. The number of fused-ring (bicyclic) bond motifs is 1. The molecular formula is C14H18O5. The first kappa shape index (κ1) is 13.8. The number of carbonyl (C=O) groups is 1. The molecule has 1 aliphatic heterocycles. The van der Waals surface area contributed by atoms with Crippen LogP contribution < -0.4 is 9.47 Å². The highest BCUT2D eigenvalue weighted by molar-refractivity contribution is 6.05. The molecule has 0 bridgehead atoms. The maximum atomic E-state index is 12.5. The van der Waals surface area contributed by atoms with E-state index in [0.29, 0.717) is 11.5 Å². The third kappa shape index (κ3) is 1.99. The van der Waals surface area contributed by atoms with Gasteiger partial charge in [0.2, 0.25) is 5.78 Å². The molecule has 1 aromatic rings. The van der Waals surface area contributed by atoms with E-state index < -0.39 is 17.2 Å². The number of hydrogen-bond donors (Lipinski definition) is 1. The standard InChI is InChI=1S/C14H18O5/c1-5-18-14(16)12(15)10-8-9(17-4)6-7-11(10)19-13(14,2)3/h6-8,16H,5H2,1-4H3. The van der Waals surface area contributed by atoms with Crippen LogP contribution >= 0.6 is 0 Å². The molecule has 1 atom stereocenters. The number of aliphatic hydroxyl groups is 1. The number of methoxy groups -OCH3 is 1. The molecule has 5 heteroatoms. The third-order valence-corrected chi connectivity index (χ3v) is 3.27. The summed E-state index contributed by atoms with van der Waals surface area (Å²) in [6.45, 7) is 5.15. The Balaban J connectivity index is 2.55. The second kappa shape index (κ2) is 4.51. The van der Waals surface area contributed by atoms with E-state index in [2.05, 4.69) is 0 Å². The molecule has 0 saturated carbocycles. The molecule has 0 spiro atoms. The van der Waals surface area contributed by atoms with Gasteiger partial charge in [0.25, 0.3) is 5.79 Å². The summed E-state index contributed by atoms with van der Waals surface area (Å²) in [6, 6.07) is 4.89. The maximum Gasteiger partial charge on any atom is 0.272 e. The Labute approximate surface area is 112 Å². The van der Waals surface area contributed by atoms with E-state index in [1.807, 2.05) is 0 Å². The van der Waals surface area contributed by atoms with Gasteiger partial charge in [-0.05, 0) is 39.0 Å². The van der Waals surface area contributed by atoms with Gasteiger partial charge in [-0.2, -0.15) is 0 Å². The van der Waals surface area contributed by atoms with Crippen molar-refractivity contribution in [3.05, 3.63) is 23.8 Å². The molecule has 19 heavy (non-hydrogen) atoms. The lowest BCUT2D eigenvalue weighted by Crippen LogP contribution is -2.63. The van der Waals surface area contributed by atoms with Gasteiger partial charge in [-0.25, -0.2) is 0 Å². The van der Waals surface area contributed by atoms with Crippen molar-refractivity contribution in [1.29, 1.82) is 0 Å². The second-order valence-corrected chi connectivity index (χ2v) is 4.88. The van der Waals surface area contributed by atoms with Crippen molar-refractivity contribution < 1.29 is 24.1 Å². The van der Waals surface area contributed by atoms with Crippen LogP contribution in [-0.4, -0.2) is 36.0 Å². The van der Waals surface area contributed by atoms with Crippen molar-refractivity contribution in [3.63, 3.8) is 0 Å². The van der Waals surface area contributed by atoms with E-state index in [0.717, 1.165) is 0 Å². The zero-order valence-corrected chi connectivity index (χ0v) is 11.5. The number of ketones is 1. The minimum absolute atomic E-state index is 0.203. The van der Waals surface area contributed by atoms with Crippen LogP contribution in [0.25, 0.3) is 0 Å². The molecule has 1 unspecified atom stereocenters. The predicted octanol–water partition coefficient (Wildman–Crippen LogP) is 1.77. The van der Waals surface area contributed by atoms with Gasteiger partial charge in [-0.3, -0.25) is 4.79 Å². The number of Topliss-reactive ketones (excluding diaryl/α,β-unsaturated/α-hetero) is 1. The molecule has 1 heterocycles. The van der Waals surface area contributed by atoms with Crippen molar-refractivity contribution >= 4 is 5.78 Å². The Bertz CT molecular complexity index is 509. The topological polar surface area (TPSA) is 65.0 Å². The fourth-order valence-electron chi connectivity index (χ4n) is 2.15. The van der Waals surface area contributed by atoms with E-state index in [1.165, 1.54) is 13.2 Å². The Morgan fingerprint density at radius 2 is 2.05 bits per heavy atom.